The van der Waals surface area contributed by atoms with Crippen molar-refractivity contribution in [1.29, 1.82) is 0 Å². The van der Waals surface area contributed by atoms with E-state index in [1.165, 1.54) is 22.5 Å². The minimum Gasteiger partial charge on any atom is -0.480 e. The molecule has 0 spiro atoms. The Morgan fingerprint density at radius 3 is 2.83 bits per heavy atom. The van der Waals surface area contributed by atoms with Crippen LogP contribution in [0.4, 0.5) is 10.8 Å². The summed E-state index contributed by atoms with van der Waals surface area (Å²) in [5, 5.41) is 17.7. The number of fused-ring (bicyclic) bond motifs is 5. The average Bonchev–Trinajstić information content (AvgIpc) is 3.45. The SMILES string of the molecule is CO/N=C1\C[C@@H](CCC(=O)Nc2ncc(C)s2)C2C3CCc4cc(N(C)C(C)C(=O)O)c(I)cc4C3CC[C@]12C. The number of hydrogen-bond acceptors (Lipinski definition) is 7. The maximum atomic E-state index is 12.8. The zero-order chi connectivity index (χ0) is 28.8. The molecule has 10 heteroatoms. The average molecular weight is 679 g/mol. The second kappa shape index (κ2) is 11.6. The van der Waals surface area contributed by atoms with Crippen molar-refractivity contribution in [2.75, 3.05) is 24.4 Å². The van der Waals surface area contributed by atoms with Gasteiger partial charge in [0.2, 0.25) is 5.91 Å². The van der Waals surface area contributed by atoms with Crippen LogP contribution in [0.2, 0.25) is 0 Å². The van der Waals surface area contributed by atoms with E-state index in [1.54, 1.807) is 20.2 Å². The van der Waals surface area contributed by atoms with Crippen LogP contribution in [0.1, 0.15) is 74.3 Å². The van der Waals surface area contributed by atoms with Gasteiger partial charge >= 0.3 is 5.97 Å². The summed E-state index contributed by atoms with van der Waals surface area (Å²) >= 11 is 3.87. The Hall–Kier alpha value is -2.21. The van der Waals surface area contributed by atoms with Crippen molar-refractivity contribution in [2.24, 2.45) is 28.3 Å². The molecule has 3 aliphatic carbocycles. The predicted octanol–water partition coefficient (Wildman–Crippen LogP) is 6.47. The molecule has 5 rings (SSSR count). The number of amides is 1. The molecule has 1 heterocycles. The number of nitrogens with zero attached hydrogens (tertiary/aromatic N) is 3. The van der Waals surface area contributed by atoms with E-state index in [-0.39, 0.29) is 11.3 Å². The summed E-state index contributed by atoms with van der Waals surface area (Å²) in [4.78, 5) is 37.0. The molecule has 0 radical (unpaired) electrons. The Morgan fingerprint density at radius 1 is 1.38 bits per heavy atom. The van der Waals surface area contributed by atoms with Crippen molar-refractivity contribution in [3.63, 3.8) is 0 Å². The number of likely N-dealkylation sites (N-methyl/N-ethyl adjacent to an activating group) is 1. The monoisotopic (exact) mass is 678 g/mol. The molecule has 6 atom stereocenters. The van der Waals surface area contributed by atoms with Crippen LogP contribution in [0, 0.1) is 33.7 Å². The van der Waals surface area contributed by atoms with Gasteiger partial charge in [0, 0.05) is 33.5 Å². The number of benzene rings is 1. The number of aryl methyl sites for hydroxylation is 2. The number of hydrogen-bond donors (Lipinski definition) is 2. The Morgan fingerprint density at radius 2 is 2.15 bits per heavy atom. The summed E-state index contributed by atoms with van der Waals surface area (Å²) in [6.07, 6.45) is 8.18. The maximum Gasteiger partial charge on any atom is 0.326 e. The van der Waals surface area contributed by atoms with Crippen molar-refractivity contribution in [2.45, 2.75) is 77.7 Å². The van der Waals surface area contributed by atoms with Crippen LogP contribution < -0.4 is 10.2 Å². The maximum absolute atomic E-state index is 12.8. The van der Waals surface area contributed by atoms with Gasteiger partial charge in [-0.2, -0.15) is 0 Å². The zero-order valence-electron chi connectivity index (χ0n) is 23.9. The van der Waals surface area contributed by atoms with Crippen LogP contribution in [-0.2, 0) is 20.8 Å². The van der Waals surface area contributed by atoms with Gasteiger partial charge < -0.3 is 20.2 Å². The first-order valence-corrected chi connectivity index (χ1v) is 16.0. The van der Waals surface area contributed by atoms with Gasteiger partial charge in [-0.15, -0.1) is 11.3 Å². The molecule has 1 aromatic heterocycles. The lowest BCUT2D eigenvalue weighted by Gasteiger charge is -2.50. The number of halogens is 1. The summed E-state index contributed by atoms with van der Waals surface area (Å²) in [5.74, 6) is 0.995. The highest BCUT2D eigenvalue weighted by Gasteiger charge is 2.57. The standard InChI is InChI=1S/C30H39IN4O4S/c1-16-15-32-29(40-16)33-26(36)9-7-19-13-25(34-39-5)30(3)11-10-20-21(27(19)30)8-6-18-12-24(23(31)14-22(18)20)35(4)17(2)28(37)38/h12,14-15,17,19-21,27H,6-11,13H2,1-5H3,(H,37,38)(H,32,33,36)/b34-25+/t17?,19-,20?,21?,27?,30-/m1/s1. The molecule has 2 N–H and O–H groups in total. The highest BCUT2D eigenvalue weighted by Crippen LogP contribution is 2.62. The number of aromatic nitrogens is 1. The van der Waals surface area contributed by atoms with Crippen LogP contribution in [0.3, 0.4) is 0 Å². The topological polar surface area (TPSA) is 104 Å². The molecule has 1 aromatic carbocycles. The number of carboxylic acid groups (broad SMARTS) is 1. The Balaban J connectivity index is 1.39. The van der Waals surface area contributed by atoms with E-state index in [9.17, 15) is 14.7 Å². The largest absolute Gasteiger partial charge is 0.480 e. The minimum absolute atomic E-state index is 0.0214. The third kappa shape index (κ3) is 5.37. The molecule has 2 aromatic rings. The molecule has 4 unspecified atom stereocenters. The lowest BCUT2D eigenvalue weighted by atomic mass is 9.54. The molecule has 216 valence electrons. The molecule has 0 bridgehead atoms. The second-order valence-corrected chi connectivity index (χ2v) is 14.4. The summed E-state index contributed by atoms with van der Waals surface area (Å²) in [7, 11) is 3.50. The van der Waals surface area contributed by atoms with Crippen LogP contribution >= 0.6 is 33.9 Å². The quantitative estimate of drug-likeness (QED) is 0.245. The fourth-order valence-electron chi connectivity index (χ4n) is 7.73. The van der Waals surface area contributed by atoms with E-state index in [1.807, 2.05) is 18.9 Å². The number of thiazole rings is 1. The molecule has 0 saturated heterocycles. The molecule has 8 nitrogen and oxygen atoms in total. The summed E-state index contributed by atoms with van der Waals surface area (Å²) in [5.41, 5.74) is 4.90. The van der Waals surface area contributed by atoms with Gasteiger partial charge in [0.05, 0.1) is 11.4 Å². The first-order valence-electron chi connectivity index (χ1n) is 14.1. The highest BCUT2D eigenvalue weighted by molar-refractivity contribution is 14.1. The number of oxime groups is 1. The van der Waals surface area contributed by atoms with E-state index in [4.69, 9.17) is 4.84 Å². The number of rotatable bonds is 8. The van der Waals surface area contributed by atoms with E-state index in [0.717, 1.165) is 58.4 Å². The predicted molar refractivity (Wildman–Crippen MR) is 167 cm³/mol. The Bertz CT molecular complexity index is 1330. The van der Waals surface area contributed by atoms with E-state index >= 15 is 0 Å². The van der Waals surface area contributed by atoms with E-state index < -0.39 is 12.0 Å². The number of carbonyl (C=O) groups is 2. The molecule has 2 saturated carbocycles. The van der Waals surface area contributed by atoms with Gasteiger partial charge in [-0.3, -0.25) is 4.79 Å². The highest BCUT2D eigenvalue weighted by atomic mass is 127. The van der Waals surface area contributed by atoms with Crippen LogP contribution in [0.5, 0.6) is 0 Å². The number of nitrogens with one attached hydrogen (secondary N) is 1. The van der Waals surface area contributed by atoms with Crippen LogP contribution in [0.15, 0.2) is 23.5 Å². The zero-order valence-corrected chi connectivity index (χ0v) is 26.8. The second-order valence-electron chi connectivity index (χ2n) is 12.0. The van der Waals surface area contributed by atoms with Gasteiger partial charge in [-0.05, 0) is 122 Å². The van der Waals surface area contributed by atoms with Crippen molar-refractivity contribution < 1.29 is 19.5 Å². The van der Waals surface area contributed by atoms with Gasteiger partial charge in [-0.25, -0.2) is 9.78 Å². The molecular formula is C30H39IN4O4S. The lowest BCUT2D eigenvalue weighted by molar-refractivity contribution is -0.138. The van der Waals surface area contributed by atoms with Gasteiger partial charge in [-0.1, -0.05) is 12.1 Å². The van der Waals surface area contributed by atoms with Gasteiger partial charge in [0.25, 0.3) is 0 Å². The third-order valence-corrected chi connectivity index (χ3v) is 11.5. The first-order chi connectivity index (χ1) is 19.0. The molecule has 0 aliphatic heterocycles. The number of anilines is 2. The third-order valence-electron chi connectivity index (χ3n) is 9.80. The van der Waals surface area contributed by atoms with Crippen molar-refractivity contribution >= 4 is 62.3 Å². The molecule has 3 aliphatic rings. The number of carboxylic acids is 1. The molecule has 1 amide bonds. The van der Waals surface area contributed by atoms with E-state index in [0.29, 0.717) is 35.2 Å². The van der Waals surface area contributed by atoms with Crippen molar-refractivity contribution in [1.82, 2.24) is 4.98 Å². The molecule has 2 fully saturated rings. The Kier molecular flexibility index (Phi) is 8.48. The minimum atomic E-state index is -0.820. The number of carbonyl (C=O) groups excluding carboxylic acids is 1. The smallest absolute Gasteiger partial charge is 0.326 e. The van der Waals surface area contributed by atoms with Crippen molar-refractivity contribution in [3.05, 3.63) is 37.9 Å². The summed E-state index contributed by atoms with van der Waals surface area (Å²) in [6.45, 7) is 6.09. The first kappa shape index (κ1) is 29.3. The van der Waals surface area contributed by atoms with Crippen molar-refractivity contribution in [3.8, 4) is 0 Å². The van der Waals surface area contributed by atoms with Crippen LogP contribution in [-0.4, -0.2) is 47.9 Å². The lowest BCUT2D eigenvalue weighted by Crippen LogP contribution is -2.44. The molecular weight excluding hydrogens is 639 g/mol. The summed E-state index contributed by atoms with van der Waals surface area (Å²) in [6, 6.07) is 3.95. The fourth-order valence-corrected chi connectivity index (χ4v) is 9.29. The van der Waals surface area contributed by atoms with Crippen LogP contribution in [0.25, 0.3) is 0 Å². The fraction of sp³-hybridized carbons (Fsp3) is 0.600. The Labute approximate surface area is 254 Å². The van der Waals surface area contributed by atoms with Gasteiger partial charge in [0.1, 0.15) is 13.2 Å². The molecule has 40 heavy (non-hydrogen) atoms. The van der Waals surface area contributed by atoms with E-state index in [2.05, 4.69) is 57.1 Å². The number of aliphatic carboxylic acids is 1. The summed E-state index contributed by atoms with van der Waals surface area (Å²) < 4.78 is 1.10. The normalized spacial score (nSPS) is 28.8. The van der Waals surface area contributed by atoms with Gasteiger partial charge in [0.15, 0.2) is 5.13 Å².